The van der Waals surface area contributed by atoms with Gasteiger partial charge in [-0.3, -0.25) is 0 Å². The number of hydrogen-bond acceptors (Lipinski definition) is 4. The highest BCUT2D eigenvalue weighted by molar-refractivity contribution is 8.03. The van der Waals surface area contributed by atoms with Gasteiger partial charge >= 0.3 is 0 Å². The van der Waals surface area contributed by atoms with Crippen molar-refractivity contribution in [2.45, 2.75) is 140 Å². The Morgan fingerprint density at radius 2 is 0.947 bits per heavy atom. The van der Waals surface area contributed by atoms with Crippen molar-refractivity contribution in [3.63, 3.8) is 0 Å². The van der Waals surface area contributed by atoms with Gasteiger partial charge in [0.1, 0.15) is 11.5 Å². The van der Waals surface area contributed by atoms with Gasteiger partial charge in [-0.25, -0.2) is 0 Å². The van der Waals surface area contributed by atoms with Gasteiger partial charge in [-0.15, -0.1) is 0 Å². The summed E-state index contributed by atoms with van der Waals surface area (Å²) in [4.78, 5) is 0. The predicted molar refractivity (Wildman–Crippen MR) is 170 cm³/mol. The first-order valence-corrected chi connectivity index (χ1v) is 17.0. The Hall–Kier alpha value is -1.26. The van der Waals surface area contributed by atoms with E-state index in [1.54, 1.807) is 0 Å². The molecule has 1 fully saturated rings. The zero-order chi connectivity index (χ0) is 28.0. The van der Waals surface area contributed by atoms with Crippen LogP contribution in [0.25, 0.3) is 0 Å². The molecule has 2 N–H and O–H groups in total. The maximum atomic E-state index is 11.1. The first-order valence-electron chi connectivity index (χ1n) is 14.9. The zero-order valence-corrected chi connectivity index (χ0v) is 26.8. The van der Waals surface area contributed by atoms with Crippen LogP contribution in [-0.4, -0.2) is 20.7 Å². The number of phenolic OH excluding ortho intramolecular Hbond substituents is 2. The van der Waals surface area contributed by atoms with E-state index in [4.69, 9.17) is 0 Å². The molecular weight excluding hydrogens is 505 g/mol. The third kappa shape index (κ3) is 8.13. The van der Waals surface area contributed by atoms with Crippen LogP contribution < -0.4 is 0 Å². The summed E-state index contributed by atoms with van der Waals surface area (Å²) in [5.74, 6) is 4.25. The molecule has 1 aliphatic carbocycles. The van der Waals surface area contributed by atoms with Crippen LogP contribution in [0.5, 0.6) is 11.5 Å². The Morgan fingerprint density at radius 3 is 1.26 bits per heavy atom. The van der Waals surface area contributed by atoms with Gasteiger partial charge in [0, 0.05) is 33.1 Å². The standard InChI is InChI=1S/C34H52O2S2/c1-21(2)25-15-27(33(35)29(17-25)23(5)6)19-37-31-13-11-9-10-12-14-32(31)38-20-28-16-26(22(3)4)18-30(24(7)8)34(28)36/h15-18,21-24,31-32,35-36H,9-14,19-20H2,1-8H3/t31-,32-/m0/s1. The quantitative estimate of drug-likeness (QED) is 0.305. The first-order chi connectivity index (χ1) is 18.0. The predicted octanol–water partition coefficient (Wildman–Crippen LogP) is 10.8. The topological polar surface area (TPSA) is 40.5 Å². The Morgan fingerprint density at radius 1 is 0.579 bits per heavy atom. The number of aromatic hydroxyl groups is 2. The number of phenols is 2. The van der Waals surface area contributed by atoms with Crippen LogP contribution in [-0.2, 0) is 11.5 Å². The molecule has 212 valence electrons. The van der Waals surface area contributed by atoms with Crippen molar-refractivity contribution in [3.05, 3.63) is 57.6 Å². The van der Waals surface area contributed by atoms with Crippen molar-refractivity contribution >= 4 is 23.5 Å². The fourth-order valence-electron chi connectivity index (χ4n) is 5.45. The van der Waals surface area contributed by atoms with E-state index in [1.165, 1.54) is 49.7 Å². The minimum atomic E-state index is 0.312. The second kappa shape index (κ2) is 14.4. The van der Waals surface area contributed by atoms with Crippen molar-refractivity contribution < 1.29 is 10.2 Å². The highest BCUT2D eigenvalue weighted by Gasteiger charge is 2.26. The van der Waals surface area contributed by atoms with Crippen LogP contribution >= 0.6 is 23.5 Å². The summed E-state index contributed by atoms with van der Waals surface area (Å²) in [5.41, 5.74) is 7.01. The van der Waals surface area contributed by atoms with Crippen LogP contribution in [0.15, 0.2) is 24.3 Å². The van der Waals surface area contributed by atoms with E-state index < -0.39 is 0 Å². The van der Waals surface area contributed by atoms with Gasteiger partial charge in [0.05, 0.1) is 0 Å². The van der Waals surface area contributed by atoms with Crippen LogP contribution in [0.4, 0.5) is 0 Å². The molecule has 2 nitrogen and oxygen atoms in total. The molecule has 4 heteroatoms. The normalized spacial score (nSPS) is 18.9. The van der Waals surface area contributed by atoms with Crippen molar-refractivity contribution in [1.82, 2.24) is 0 Å². The molecule has 3 rings (SSSR count). The van der Waals surface area contributed by atoms with Crippen molar-refractivity contribution in [3.8, 4) is 11.5 Å². The largest absolute Gasteiger partial charge is 0.507 e. The molecule has 0 unspecified atom stereocenters. The second-order valence-corrected chi connectivity index (χ2v) is 15.0. The molecule has 0 aromatic heterocycles. The van der Waals surface area contributed by atoms with Crippen LogP contribution in [0.2, 0.25) is 0 Å². The summed E-state index contributed by atoms with van der Waals surface area (Å²) < 4.78 is 0. The SMILES string of the molecule is CC(C)c1cc(CS[C@H]2CCCCCC[C@@H]2SCc2cc(C(C)C)cc(C(C)C)c2O)c(O)c(C(C)C)c1. The summed E-state index contributed by atoms with van der Waals surface area (Å²) >= 11 is 4.10. The Labute approximate surface area is 241 Å². The smallest absolute Gasteiger partial charge is 0.123 e. The minimum Gasteiger partial charge on any atom is -0.507 e. The van der Waals surface area contributed by atoms with Crippen LogP contribution in [0.3, 0.4) is 0 Å². The average Bonchev–Trinajstić information content (AvgIpc) is 2.83. The zero-order valence-electron chi connectivity index (χ0n) is 25.1. The fraction of sp³-hybridized carbons (Fsp3) is 0.647. The molecule has 0 saturated heterocycles. The van der Waals surface area contributed by atoms with E-state index >= 15 is 0 Å². The fourth-order valence-corrected chi connectivity index (χ4v) is 8.51. The lowest BCUT2D eigenvalue weighted by atomic mass is 9.92. The van der Waals surface area contributed by atoms with E-state index in [0.29, 0.717) is 45.7 Å². The molecule has 2 aromatic carbocycles. The highest BCUT2D eigenvalue weighted by Crippen LogP contribution is 2.42. The minimum absolute atomic E-state index is 0.312. The summed E-state index contributed by atoms with van der Waals surface area (Å²) in [6.45, 7) is 17.6. The number of rotatable bonds is 10. The molecule has 0 amide bonds. The molecule has 38 heavy (non-hydrogen) atoms. The third-order valence-electron chi connectivity index (χ3n) is 8.11. The number of thioether (sulfide) groups is 2. The molecule has 0 aliphatic heterocycles. The van der Waals surface area contributed by atoms with Crippen molar-refractivity contribution in [2.75, 3.05) is 0 Å². The molecule has 0 radical (unpaired) electrons. The van der Waals surface area contributed by atoms with Crippen molar-refractivity contribution in [1.29, 1.82) is 0 Å². The van der Waals surface area contributed by atoms with Crippen molar-refractivity contribution in [2.24, 2.45) is 0 Å². The van der Waals surface area contributed by atoms with E-state index in [9.17, 15) is 10.2 Å². The Kier molecular flexibility index (Phi) is 11.8. The number of hydrogen-bond donors (Lipinski definition) is 2. The van der Waals surface area contributed by atoms with Gasteiger partial charge < -0.3 is 10.2 Å². The van der Waals surface area contributed by atoms with E-state index in [2.05, 4.69) is 79.7 Å². The summed E-state index contributed by atoms with van der Waals surface area (Å²) in [5, 5.41) is 23.4. The van der Waals surface area contributed by atoms with Gasteiger partial charge in [0.25, 0.3) is 0 Å². The number of benzene rings is 2. The summed E-state index contributed by atoms with van der Waals surface area (Å²) in [6.07, 6.45) is 7.70. The lowest BCUT2D eigenvalue weighted by Crippen LogP contribution is -2.22. The molecular formula is C34H52O2S2. The van der Waals surface area contributed by atoms with Gasteiger partial charge in [-0.1, -0.05) is 105 Å². The molecule has 2 aromatic rings. The van der Waals surface area contributed by atoms with E-state index in [-0.39, 0.29) is 0 Å². The highest BCUT2D eigenvalue weighted by atomic mass is 32.2. The molecule has 1 aliphatic rings. The van der Waals surface area contributed by atoms with Gasteiger partial charge in [-0.2, -0.15) is 23.5 Å². The van der Waals surface area contributed by atoms with Crippen LogP contribution in [0.1, 0.15) is 151 Å². The Bertz CT molecular complexity index is 958. The van der Waals surface area contributed by atoms with Gasteiger partial charge in [0.15, 0.2) is 0 Å². The summed E-state index contributed by atoms with van der Waals surface area (Å²) in [6, 6.07) is 8.90. The molecule has 1 saturated carbocycles. The lowest BCUT2D eigenvalue weighted by Gasteiger charge is -2.29. The average molecular weight is 557 g/mol. The molecule has 0 bridgehead atoms. The monoisotopic (exact) mass is 556 g/mol. The maximum Gasteiger partial charge on any atom is 0.123 e. The first kappa shape index (κ1) is 31.3. The van der Waals surface area contributed by atoms with Crippen LogP contribution in [0, 0.1) is 0 Å². The lowest BCUT2D eigenvalue weighted by molar-refractivity contribution is 0.459. The van der Waals surface area contributed by atoms with Gasteiger partial charge in [-0.05, 0) is 58.8 Å². The maximum absolute atomic E-state index is 11.1. The van der Waals surface area contributed by atoms with E-state index in [1.807, 2.05) is 23.5 Å². The van der Waals surface area contributed by atoms with E-state index in [0.717, 1.165) is 33.8 Å². The van der Waals surface area contributed by atoms with Gasteiger partial charge in [0.2, 0.25) is 0 Å². The molecule has 2 atom stereocenters. The Balaban J connectivity index is 1.81. The second-order valence-electron chi connectivity index (χ2n) is 12.5. The third-order valence-corrected chi connectivity index (χ3v) is 11.2. The summed E-state index contributed by atoms with van der Waals surface area (Å²) in [7, 11) is 0. The molecule has 0 heterocycles. The molecule has 0 spiro atoms.